The molecule has 1 aliphatic heterocycles. The van der Waals surface area contributed by atoms with Crippen LogP contribution in [0, 0.1) is 5.92 Å². The van der Waals surface area contributed by atoms with E-state index in [1.807, 2.05) is 13.8 Å². The zero-order valence-electron chi connectivity index (χ0n) is 14.9. The molecule has 1 aliphatic rings. The van der Waals surface area contributed by atoms with Crippen LogP contribution in [0.4, 0.5) is 13.2 Å². The summed E-state index contributed by atoms with van der Waals surface area (Å²) in [6.07, 6.45) is 1.15. The van der Waals surface area contributed by atoms with Gasteiger partial charge in [-0.3, -0.25) is 9.59 Å². The van der Waals surface area contributed by atoms with Gasteiger partial charge in [-0.25, -0.2) is 8.42 Å². The number of nitrogens with one attached hydrogen (secondary N) is 1. The lowest BCUT2D eigenvalue weighted by Crippen LogP contribution is -2.47. The Labute approximate surface area is 155 Å². The van der Waals surface area contributed by atoms with Gasteiger partial charge in [-0.1, -0.05) is 13.8 Å². The minimum Gasteiger partial charge on any atom is -0.349 e. The number of amides is 2. The number of hydrogen-bond donors (Lipinski definition) is 1. The highest BCUT2D eigenvalue weighted by Gasteiger charge is 2.46. The van der Waals surface area contributed by atoms with Crippen molar-refractivity contribution in [2.75, 3.05) is 13.1 Å². The predicted molar refractivity (Wildman–Crippen MR) is 91.6 cm³/mol. The van der Waals surface area contributed by atoms with E-state index in [2.05, 4.69) is 5.32 Å². The molecule has 6 nitrogen and oxygen atoms in total. The standard InChI is InChI=1S/C17H21F3N2O4S/c1-11(2)16(24)22-9-7-13(8-10-22)21-15(23)12-3-5-14(6-4-12)27(25,26)17(18,19)20/h3-6,11,13H,7-10H2,1-2H3,(H,21,23). The Bertz CT molecular complexity index is 796. The van der Waals surface area contributed by atoms with Crippen LogP contribution in [-0.4, -0.2) is 49.8 Å². The number of carbonyl (C=O) groups excluding carboxylic acids is 2. The summed E-state index contributed by atoms with van der Waals surface area (Å²) in [7, 11) is -5.44. The lowest BCUT2D eigenvalue weighted by atomic mass is 10.0. The third-order valence-electron chi connectivity index (χ3n) is 4.37. The molecule has 0 aromatic heterocycles. The normalized spacial score (nSPS) is 16.4. The van der Waals surface area contributed by atoms with Crippen LogP contribution in [0.5, 0.6) is 0 Å². The summed E-state index contributed by atoms with van der Waals surface area (Å²) in [5, 5.41) is 2.76. The van der Waals surface area contributed by atoms with Crippen molar-refractivity contribution in [3.05, 3.63) is 29.8 Å². The molecule has 10 heteroatoms. The largest absolute Gasteiger partial charge is 0.501 e. The summed E-state index contributed by atoms with van der Waals surface area (Å²) in [4.78, 5) is 25.0. The van der Waals surface area contributed by atoms with Crippen molar-refractivity contribution in [1.29, 1.82) is 0 Å². The lowest BCUT2D eigenvalue weighted by Gasteiger charge is -2.33. The van der Waals surface area contributed by atoms with Gasteiger partial charge in [0.15, 0.2) is 0 Å². The first-order chi connectivity index (χ1) is 12.4. The molecule has 1 saturated heterocycles. The Hall–Kier alpha value is -2.10. The van der Waals surface area contributed by atoms with Crippen LogP contribution >= 0.6 is 0 Å². The summed E-state index contributed by atoms with van der Waals surface area (Å²) in [5.74, 6) is -0.538. The Morgan fingerprint density at radius 1 is 1.11 bits per heavy atom. The molecule has 27 heavy (non-hydrogen) atoms. The molecule has 2 amide bonds. The highest BCUT2D eigenvalue weighted by Crippen LogP contribution is 2.30. The van der Waals surface area contributed by atoms with Crippen molar-refractivity contribution in [2.24, 2.45) is 5.92 Å². The number of likely N-dealkylation sites (tertiary alicyclic amines) is 1. The summed E-state index contributed by atoms with van der Waals surface area (Å²) in [5.41, 5.74) is -5.32. The van der Waals surface area contributed by atoms with Crippen molar-refractivity contribution < 1.29 is 31.2 Å². The first-order valence-corrected chi connectivity index (χ1v) is 9.93. The molecule has 0 saturated carbocycles. The van der Waals surface area contributed by atoms with Crippen molar-refractivity contribution >= 4 is 21.7 Å². The van der Waals surface area contributed by atoms with E-state index in [-0.39, 0.29) is 23.4 Å². The van der Waals surface area contributed by atoms with Crippen molar-refractivity contribution in [3.8, 4) is 0 Å². The van der Waals surface area contributed by atoms with Crippen LogP contribution in [0.2, 0.25) is 0 Å². The Balaban J connectivity index is 1.97. The predicted octanol–water partition coefficient (Wildman–Crippen LogP) is 2.36. The fraction of sp³-hybridized carbons (Fsp3) is 0.529. The molecule has 0 aliphatic carbocycles. The maximum Gasteiger partial charge on any atom is 0.501 e. The molecular weight excluding hydrogens is 385 g/mol. The third kappa shape index (κ3) is 4.79. The number of sulfone groups is 1. The van der Waals surface area contributed by atoms with Crippen LogP contribution in [0.15, 0.2) is 29.2 Å². The minimum atomic E-state index is -5.44. The third-order valence-corrected chi connectivity index (χ3v) is 5.87. The van der Waals surface area contributed by atoms with E-state index in [1.165, 1.54) is 0 Å². The molecule has 0 atom stereocenters. The molecular formula is C17H21F3N2O4S. The fourth-order valence-corrected chi connectivity index (χ4v) is 3.56. The quantitative estimate of drug-likeness (QED) is 0.832. The van der Waals surface area contributed by atoms with E-state index in [1.54, 1.807) is 4.90 Å². The number of carbonyl (C=O) groups is 2. The monoisotopic (exact) mass is 406 g/mol. The van der Waals surface area contributed by atoms with Gasteiger partial charge in [0.25, 0.3) is 15.7 Å². The number of benzene rings is 1. The second-order valence-electron chi connectivity index (χ2n) is 6.70. The summed E-state index contributed by atoms with van der Waals surface area (Å²) < 4.78 is 60.2. The summed E-state index contributed by atoms with van der Waals surface area (Å²) in [6.45, 7) is 4.67. The SMILES string of the molecule is CC(C)C(=O)N1CCC(NC(=O)c2ccc(S(=O)(=O)C(F)(F)F)cc2)CC1. The van der Waals surface area contributed by atoms with Crippen molar-refractivity contribution in [2.45, 2.75) is 43.1 Å². The van der Waals surface area contributed by atoms with Gasteiger partial charge in [-0.05, 0) is 37.1 Å². The molecule has 150 valence electrons. The molecule has 0 bridgehead atoms. The molecule has 1 heterocycles. The van der Waals surface area contributed by atoms with Crippen LogP contribution in [-0.2, 0) is 14.6 Å². The van der Waals surface area contributed by atoms with E-state index >= 15 is 0 Å². The molecule has 1 aromatic rings. The van der Waals surface area contributed by atoms with Gasteiger partial charge in [-0.2, -0.15) is 13.2 Å². The molecule has 0 unspecified atom stereocenters. The number of rotatable bonds is 4. The second kappa shape index (κ2) is 7.87. The number of halogens is 3. The van der Waals surface area contributed by atoms with Crippen molar-refractivity contribution in [1.82, 2.24) is 10.2 Å². The van der Waals surface area contributed by atoms with Crippen molar-refractivity contribution in [3.63, 3.8) is 0 Å². The maximum absolute atomic E-state index is 12.5. The topological polar surface area (TPSA) is 83.6 Å². The smallest absolute Gasteiger partial charge is 0.349 e. The van der Waals surface area contributed by atoms with Crippen LogP contribution in [0.1, 0.15) is 37.0 Å². The van der Waals surface area contributed by atoms with E-state index in [0.717, 1.165) is 24.3 Å². The first-order valence-electron chi connectivity index (χ1n) is 8.44. The van der Waals surface area contributed by atoms with Gasteiger partial charge in [0.05, 0.1) is 4.90 Å². The Morgan fingerprint density at radius 2 is 1.63 bits per heavy atom. The van der Waals surface area contributed by atoms with Crippen LogP contribution in [0.3, 0.4) is 0 Å². The maximum atomic E-state index is 12.5. The molecule has 1 fully saturated rings. The molecule has 0 spiro atoms. The number of hydrogen-bond acceptors (Lipinski definition) is 4. The summed E-state index contributed by atoms with van der Waals surface area (Å²) in [6, 6.07) is 3.47. The first kappa shape index (κ1) is 21.2. The van der Waals surface area contributed by atoms with E-state index in [0.29, 0.717) is 25.9 Å². The number of nitrogens with zero attached hydrogens (tertiary/aromatic N) is 1. The molecule has 2 rings (SSSR count). The molecule has 1 N–H and O–H groups in total. The zero-order chi connectivity index (χ0) is 20.4. The second-order valence-corrected chi connectivity index (χ2v) is 8.64. The number of alkyl halides is 3. The molecule has 0 radical (unpaired) electrons. The van der Waals surface area contributed by atoms with E-state index in [9.17, 15) is 31.2 Å². The zero-order valence-corrected chi connectivity index (χ0v) is 15.7. The lowest BCUT2D eigenvalue weighted by molar-refractivity contribution is -0.135. The average molecular weight is 406 g/mol. The Morgan fingerprint density at radius 3 is 2.07 bits per heavy atom. The van der Waals surface area contributed by atoms with Gasteiger partial charge >= 0.3 is 5.51 Å². The van der Waals surface area contributed by atoms with Gasteiger partial charge in [0.1, 0.15) is 0 Å². The van der Waals surface area contributed by atoms with Crippen LogP contribution in [0.25, 0.3) is 0 Å². The van der Waals surface area contributed by atoms with Gasteiger partial charge in [-0.15, -0.1) is 0 Å². The fourth-order valence-electron chi connectivity index (χ4n) is 2.80. The molecule has 1 aromatic carbocycles. The van der Waals surface area contributed by atoms with Crippen LogP contribution < -0.4 is 5.32 Å². The number of piperidine rings is 1. The highest BCUT2D eigenvalue weighted by atomic mass is 32.2. The average Bonchev–Trinajstić information content (AvgIpc) is 2.60. The van der Waals surface area contributed by atoms with Gasteiger partial charge in [0, 0.05) is 30.6 Å². The minimum absolute atomic E-state index is 0.0567. The summed E-state index contributed by atoms with van der Waals surface area (Å²) >= 11 is 0. The van der Waals surface area contributed by atoms with E-state index < -0.39 is 26.1 Å². The van der Waals surface area contributed by atoms with Gasteiger partial charge < -0.3 is 10.2 Å². The highest BCUT2D eigenvalue weighted by molar-refractivity contribution is 7.92. The van der Waals surface area contributed by atoms with E-state index in [4.69, 9.17) is 0 Å². The van der Waals surface area contributed by atoms with Gasteiger partial charge in [0.2, 0.25) is 5.91 Å². The Kier molecular flexibility index (Phi) is 6.18.